The SMILES string of the molecule is CCCCCCCCCCC.Cc1ccc2nn(C)cc2c1. The van der Waals surface area contributed by atoms with Crippen molar-refractivity contribution >= 4 is 10.9 Å². The molecule has 2 nitrogen and oxygen atoms in total. The number of unbranched alkanes of at least 4 members (excludes halogenated alkanes) is 8. The normalized spacial score (nSPS) is 10.5. The van der Waals surface area contributed by atoms with E-state index in [1.165, 1.54) is 68.7 Å². The first-order valence-electron chi connectivity index (χ1n) is 9.07. The lowest BCUT2D eigenvalue weighted by Crippen LogP contribution is -1.84. The van der Waals surface area contributed by atoms with Gasteiger partial charge in [0.15, 0.2) is 0 Å². The minimum Gasteiger partial charge on any atom is -0.275 e. The van der Waals surface area contributed by atoms with Gasteiger partial charge in [-0.25, -0.2) is 0 Å². The lowest BCUT2D eigenvalue weighted by Gasteiger charge is -1.98. The van der Waals surface area contributed by atoms with Gasteiger partial charge in [-0.05, 0) is 19.1 Å². The molecule has 0 saturated heterocycles. The number of nitrogens with zero attached hydrogens (tertiary/aromatic N) is 2. The van der Waals surface area contributed by atoms with Crippen LogP contribution < -0.4 is 0 Å². The van der Waals surface area contributed by atoms with E-state index in [1.807, 2.05) is 24.0 Å². The molecule has 0 unspecified atom stereocenters. The first-order chi connectivity index (χ1) is 10.7. The number of benzene rings is 1. The van der Waals surface area contributed by atoms with Crippen molar-refractivity contribution in [2.75, 3.05) is 0 Å². The molecular weight excluding hydrogens is 268 g/mol. The number of hydrogen-bond acceptors (Lipinski definition) is 1. The van der Waals surface area contributed by atoms with Gasteiger partial charge in [0.05, 0.1) is 5.52 Å². The third kappa shape index (κ3) is 7.63. The standard InChI is InChI=1S/C11H24.C9H10N2/c1-3-5-7-9-11-10-8-6-4-2;1-7-3-4-9-8(5-7)6-11(2)10-9/h3-11H2,1-2H3;3-6H,1-2H3. The number of hydrogen-bond donors (Lipinski definition) is 0. The minimum absolute atomic E-state index is 1.07. The topological polar surface area (TPSA) is 17.8 Å². The molecule has 1 aromatic heterocycles. The molecule has 0 fully saturated rings. The molecule has 22 heavy (non-hydrogen) atoms. The molecule has 2 rings (SSSR count). The maximum Gasteiger partial charge on any atom is 0.0923 e. The van der Waals surface area contributed by atoms with Gasteiger partial charge in [0.2, 0.25) is 0 Å². The second-order valence-corrected chi connectivity index (χ2v) is 6.34. The highest BCUT2D eigenvalue weighted by atomic mass is 15.2. The Morgan fingerprint density at radius 1 is 0.864 bits per heavy atom. The van der Waals surface area contributed by atoms with E-state index in [4.69, 9.17) is 0 Å². The minimum atomic E-state index is 1.07. The Morgan fingerprint density at radius 2 is 1.41 bits per heavy atom. The second-order valence-electron chi connectivity index (χ2n) is 6.34. The van der Waals surface area contributed by atoms with E-state index >= 15 is 0 Å². The van der Waals surface area contributed by atoms with Crippen LogP contribution in [0, 0.1) is 6.92 Å². The Balaban J connectivity index is 0.000000220. The van der Waals surface area contributed by atoms with Gasteiger partial charge in [0, 0.05) is 18.6 Å². The van der Waals surface area contributed by atoms with Gasteiger partial charge in [-0.2, -0.15) is 5.10 Å². The Hall–Kier alpha value is -1.31. The van der Waals surface area contributed by atoms with Crippen molar-refractivity contribution in [3.05, 3.63) is 30.0 Å². The first kappa shape index (κ1) is 18.7. The molecule has 0 N–H and O–H groups in total. The predicted molar refractivity (Wildman–Crippen MR) is 98.4 cm³/mol. The highest BCUT2D eigenvalue weighted by molar-refractivity contribution is 5.78. The Morgan fingerprint density at radius 3 is 1.95 bits per heavy atom. The molecule has 0 atom stereocenters. The molecule has 0 aliphatic heterocycles. The van der Waals surface area contributed by atoms with Crippen molar-refractivity contribution < 1.29 is 0 Å². The zero-order valence-electron chi connectivity index (χ0n) is 15.1. The van der Waals surface area contributed by atoms with E-state index in [0.717, 1.165) is 5.52 Å². The predicted octanol–water partition coefficient (Wildman–Crippen LogP) is 6.42. The third-order valence-electron chi connectivity index (χ3n) is 3.98. The molecule has 2 aromatic rings. The summed E-state index contributed by atoms with van der Waals surface area (Å²) in [6.07, 6.45) is 15.0. The number of fused-ring (bicyclic) bond motifs is 1. The van der Waals surface area contributed by atoms with Gasteiger partial charge in [-0.15, -0.1) is 0 Å². The molecule has 0 radical (unpaired) electrons. The molecule has 1 heterocycles. The Labute approximate surface area is 136 Å². The lowest BCUT2D eigenvalue weighted by molar-refractivity contribution is 0.572. The summed E-state index contributed by atoms with van der Waals surface area (Å²) in [4.78, 5) is 0. The van der Waals surface area contributed by atoms with Crippen LogP contribution in [0.25, 0.3) is 10.9 Å². The number of aryl methyl sites for hydroxylation is 2. The Bertz CT molecular complexity index is 505. The van der Waals surface area contributed by atoms with Crippen molar-refractivity contribution in [3.8, 4) is 0 Å². The summed E-state index contributed by atoms with van der Waals surface area (Å²) < 4.78 is 1.84. The highest BCUT2D eigenvalue weighted by Gasteiger charge is 1.96. The monoisotopic (exact) mass is 302 g/mol. The van der Waals surface area contributed by atoms with E-state index in [-0.39, 0.29) is 0 Å². The molecular formula is C20H34N2. The fourth-order valence-corrected chi connectivity index (χ4v) is 2.65. The van der Waals surface area contributed by atoms with Crippen molar-refractivity contribution in [1.82, 2.24) is 9.78 Å². The average Bonchev–Trinajstić information content (AvgIpc) is 2.86. The van der Waals surface area contributed by atoms with Crippen molar-refractivity contribution in [2.24, 2.45) is 7.05 Å². The van der Waals surface area contributed by atoms with Crippen LogP contribution in [-0.4, -0.2) is 9.78 Å². The van der Waals surface area contributed by atoms with E-state index in [2.05, 4.69) is 38.0 Å². The van der Waals surface area contributed by atoms with Gasteiger partial charge >= 0.3 is 0 Å². The average molecular weight is 303 g/mol. The molecule has 0 bridgehead atoms. The molecule has 0 aliphatic carbocycles. The second kappa shape index (κ2) is 11.3. The summed E-state index contributed by atoms with van der Waals surface area (Å²) in [6, 6.07) is 6.27. The zero-order valence-corrected chi connectivity index (χ0v) is 15.1. The van der Waals surface area contributed by atoms with E-state index in [9.17, 15) is 0 Å². The summed E-state index contributed by atoms with van der Waals surface area (Å²) in [5.41, 5.74) is 2.35. The Kier molecular flexibility index (Phi) is 9.61. The molecule has 0 aliphatic rings. The van der Waals surface area contributed by atoms with Crippen LogP contribution >= 0.6 is 0 Å². The number of aromatic nitrogens is 2. The third-order valence-corrected chi connectivity index (χ3v) is 3.98. The van der Waals surface area contributed by atoms with Crippen molar-refractivity contribution in [2.45, 2.75) is 78.6 Å². The smallest absolute Gasteiger partial charge is 0.0923 e. The molecule has 0 spiro atoms. The van der Waals surface area contributed by atoms with E-state index in [1.54, 1.807) is 0 Å². The van der Waals surface area contributed by atoms with Crippen molar-refractivity contribution in [3.63, 3.8) is 0 Å². The van der Waals surface area contributed by atoms with E-state index in [0.29, 0.717) is 0 Å². The van der Waals surface area contributed by atoms with Crippen LogP contribution in [0.15, 0.2) is 24.4 Å². The molecule has 0 saturated carbocycles. The van der Waals surface area contributed by atoms with Crippen LogP contribution in [0.5, 0.6) is 0 Å². The van der Waals surface area contributed by atoms with Crippen LogP contribution in [0.1, 0.15) is 77.2 Å². The quantitative estimate of drug-likeness (QED) is 0.514. The van der Waals surface area contributed by atoms with Crippen LogP contribution in [0.4, 0.5) is 0 Å². The number of rotatable bonds is 8. The fourth-order valence-electron chi connectivity index (χ4n) is 2.65. The van der Waals surface area contributed by atoms with Crippen LogP contribution in [-0.2, 0) is 7.05 Å². The van der Waals surface area contributed by atoms with Gasteiger partial charge < -0.3 is 0 Å². The van der Waals surface area contributed by atoms with Gasteiger partial charge in [-0.3, -0.25) is 4.68 Å². The molecule has 2 heteroatoms. The van der Waals surface area contributed by atoms with Crippen LogP contribution in [0.3, 0.4) is 0 Å². The molecule has 1 aromatic carbocycles. The van der Waals surface area contributed by atoms with Crippen molar-refractivity contribution in [1.29, 1.82) is 0 Å². The first-order valence-corrected chi connectivity index (χ1v) is 9.07. The van der Waals surface area contributed by atoms with Gasteiger partial charge in [-0.1, -0.05) is 83.3 Å². The zero-order chi connectivity index (χ0) is 16.2. The summed E-state index contributed by atoms with van der Waals surface area (Å²) in [5.74, 6) is 0. The van der Waals surface area contributed by atoms with Crippen LogP contribution in [0.2, 0.25) is 0 Å². The highest BCUT2D eigenvalue weighted by Crippen LogP contribution is 2.12. The summed E-state index contributed by atoms with van der Waals surface area (Å²) in [5, 5.41) is 5.49. The summed E-state index contributed by atoms with van der Waals surface area (Å²) in [7, 11) is 1.94. The summed E-state index contributed by atoms with van der Waals surface area (Å²) in [6.45, 7) is 6.64. The fraction of sp³-hybridized carbons (Fsp3) is 0.650. The van der Waals surface area contributed by atoms with E-state index < -0.39 is 0 Å². The maximum absolute atomic E-state index is 4.27. The lowest BCUT2D eigenvalue weighted by atomic mass is 10.1. The largest absolute Gasteiger partial charge is 0.275 e. The van der Waals surface area contributed by atoms with Gasteiger partial charge in [0.25, 0.3) is 0 Å². The maximum atomic E-state index is 4.27. The van der Waals surface area contributed by atoms with Gasteiger partial charge in [0.1, 0.15) is 0 Å². The molecule has 124 valence electrons. The molecule has 0 amide bonds. The summed E-state index contributed by atoms with van der Waals surface area (Å²) >= 11 is 0.